The number of carbonyl (C=O) groups is 2. The Balaban J connectivity index is 2.06. The minimum Gasteiger partial charge on any atom is -0.357 e. The van der Waals surface area contributed by atoms with E-state index in [9.17, 15) is 31.2 Å². The maximum absolute atomic E-state index is 13.8. The lowest BCUT2D eigenvalue weighted by molar-refractivity contribution is -0.139. The van der Waals surface area contributed by atoms with Gasteiger partial charge < -0.3 is 10.2 Å². The maximum atomic E-state index is 13.8. The van der Waals surface area contributed by atoms with Gasteiger partial charge in [-0.05, 0) is 36.2 Å². The molecular formula is C28H29ClF3N3O4S. The molecule has 0 fully saturated rings. The highest BCUT2D eigenvalue weighted by atomic mass is 35.5. The third-order valence-corrected chi connectivity index (χ3v) is 7.68. The zero-order valence-corrected chi connectivity index (χ0v) is 23.6. The highest BCUT2D eigenvalue weighted by Gasteiger charge is 2.36. The summed E-state index contributed by atoms with van der Waals surface area (Å²) in [6.07, 6.45) is -3.94. The minimum atomic E-state index is -4.85. The molecule has 0 aliphatic rings. The molecule has 0 aliphatic carbocycles. The second-order valence-electron chi connectivity index (χ2n) is 9.26. The summed E-state index contributed by atoms with van der Waals surface area (Å²) >= 11 is 5.72. The zero-order valence-electron chi connectivity index (χ0n) is 22.1. The molecule has 0 radical (unpaired) electrons. The monoisotopic (exact) mass is 595 g/mol. The first kappa shape index (κ1) is 31.0. The molecule has 1 atom stereocenters. The van der Waals surface area contributed by atoms with Crippen LogP contribution in [-0.2, 0) is 38.8 Å². The topological polar surface area (TPSA) is 86.8 Å². The molecule has 3 aromatic rings. The quantitative estimate of drug-likeness (QED) is 0.364. The Morgan fingerprint density at radius 1 is 0.975 bits per heavy atom. The van der Waals surface area contributed by atoms with Crippen LogP contribution >= 0.6 is 11.6 Å². The van der Waals surface area contributed by atoms with Gasteiger partial charge in [-0.2, -0.15) is 13.2 Å². The lowest BCUT2D eigenvalue weighted by Crippen LogP contribution is -2.52. The van der Waals surface area contributed by atoms with E-state index in [0.717, 1.165) is 29.5 Å². The van der Waals surface area contributed by atoms with Gasteiger partial charge in [-0.25, -0.2) is 8.42 Å². The summed E-state index contributed by atoms with van der Waals surface area (Å²) in [6, 6.07) is 17.7. The predicted molar refractivity (Wildman–Crippen MR) is 148 cm³/mol. The lowest BCUT2D eigenvalue weighted by atomic mass is 10.0. The second-order valence-corrected chi connectivity index (χ2v) is 11.6. The van der Waals surface area contributed by atoms with Crippen LogP contribution in [0, 0.1) is 6.92 Å². The van der Waals surface area contributed by atoms with Gasteiger partial charge in [-0.3, -0.25) is 13.9 Å². The van der Waals surface area contributed by atoms with Crippen LogP contribution in [0.15, 0.2) is 72.8 Å². The Morgan fingerprint density at radius 2 is 1.60 bits per heavy atom. The summed E-state index contributed by atoms with van der Waals surface area (Å²) in [5.41, 5.74) is 0.780. The van der Waals surface area contributed by atoms with Crippen LogP contribution in [0.2, 0.25) is 5.02 Å². The molecule has 0 saturated carbocycles. The standard InChI is InChI=1S/C28H29ClF3N3O4S/c1-19-9-11-21(12-10-19)17-34(25(27(37)33-2)15-20-7-5-4-6-8-20)26(36)18-35(40(3,38)39)22-13-14-24(29)23(16-22)28(30,31)32/h4-14,16,25H,15,17-18H2,1-3H3,(H,33,37). The van der Waals surface area contributed by atoms with Crippen LogP contribution < -0.4 is 9.62 Å². The molecule has 3 rings (SSSR count). The summed E-state index contributed by atoms with van der Waals surface area (Å²) < 4.78 is 66.6. The number of likely N-dealkylation sites (N-methyl/N-ethyl adjacent to an activating group) is 1. The molecule has 2 amide bonds. The lowest BCUT2D eigenvalue weighted by Gasteiger charge is -2.33. The molecule has 214 valence electrons. The van der Waals surface area contributed by atoms with E-state index in [1.165, 1.54) is 11.9 Å². The Hall–Kier alpha value is -3.57. The van der Waals surface area contributed by atoms with Crippen molar-refractivity contribution < 1.29 is 31.2 Å². The highest BCUT2D eigenvalue weighted by molar-refractivity contribution is 7.92. The molecule has 0 bridgehead atoms. The average molecular weight is 596 g/mol. The molecular weight excluding hydrogens is 567 g/mol. The number of benzene rings is 3. The number of nitrogens with zero attached hydrogens (tertiary/aromatic N) is 2. The first-order valence-corrected chi connectivity index (χ1v) is 14.4. The predicted octanol–water partition coefficient (Wildman–Crippen LogP) is 4.82. The molecule has 0 saturated heterocycles. The van der Waals surface area contributed by atoms with Gasteiger partial charge in [0.15, 0.2) is 0 Å². The molecule has 1 unspecified atom stereocenters. The molecule has 0 spiro atoms. The van der Waals surface area contributed by atoms with Crippen LogP contribution in [0.4, 0.5) is 18.9 Å². The SMILES string of the molecule is CNC(=O)C(Cc1ccccc1)N(Cc1ccc(C)cc1)C(=O)CN(c1ccc(Cl)c(C(F)(F)F)c1)S(C)(=O)=O. The number of anilines is 1. The number of halogens is 4. The Kier molecular flexibility index (Phi) is 9.86. The van der Waals surface area contributed by atoms with E-state index >= 15 is 0 Å². The van der Waals surface area contributed by atoms with E-state index in [1.807, 2.05) is 19.1 Å². The Morgan fingerprint density at radius 3 is 2.15 bits per heavy atom. The first-order valence-electron chi connectivity index (χ1n) is 12.2. The third kappa shape index (κ3) is 7.98. The fourth-order valence-electron chi connectivity index (χ4n) is 4.11. The number of sulfonamides is 1. The van der Waals surface area contributed by atoms with Gasteiger partial charge in [0.25, 0.3) is 0 Å². The van der Waals surface area contributed by atoms with Gasteiger partial charge >= 0.3 is 6.18 Å². The molecule has 40 heavy (non-hydrogen) atoms. The molecule has 0 aromatic heterocycles. The number of alkyl halides is 3. The van der Waals surface area contributed by atoms with Crippen LogP contribution in [0.25, 0.3) is 0 Å². The van der Waals surface area contributed by atoms with E-state index in [0.29, 0.717) is 15.9 Å². The van der Waals surface area contributed by atoms with E-state index in [1.54, 1.807) is 42.5 Å². The third-order valence-electron chi connectivity index (χ3n) is 6.21. The van der Waals surface area contributed by atoms with Crippen LogP contribution in [-0.4, -0.2) is 51.0 Å². The molecule has 0 aliphatic heterocycles. The minimum absolute atomic E-state index is 0.0456. The molecule has 1 N–H and O–H groups in total. The number of hydrogen-bond acceptors (Lipinski definition) is 4. The fraction of sp³-hybridized carbons (Fsp3) is 0.286. The summed E-state index contributed by atoms with van der Waals surface area (Å²) in [5.74, 6) is -1.26. The number of hydrogen-bond donors (Lipinski definition) is 1. The number of nitrogens with one attached hydrogen (secondary N) is 1. The van der Waals surface area contributed by atoms with Crippen LogP contribution in [0.3, 0.4) is 0 Å². The number of amides is 2. The van der Waals surface area contributed by atoms with Gasteiger partial charge in [-0.1, -0.05) is 71.8 Å². The number of carbonyl (C=O) groups excluding carboxylic acids is 2. The van der Waals surface area contributed by atoms with E-state index in [2.05, 4.69) is 5.32 Å². The number of rotatable bonds is 10. The maximum Gasteiger partial charge on any atom is 0.417 e. The van der Waals surface area contributed by atoms with Gasteiger partial charge in [0.2, 0.25) is 21.8 Å². The van der Waals surface area contributed by atoms with Crippen molar-refractivity contribution in [3.63, 3.8) is 0 Å². The Labute approximate surface area is 236 Å². The summed E-state index contributed by atoms with van der Waals surface area (Å²) in [4.78, 5) is 28.2. The van der Waals surface area contributed by atoms with E-state index in [4.69, 9.17) is 11.6 Å². The molecule has 3 aromatic carbocycles. The second kappa shape index (κ2) is 12.7. The molecule has 7 nitrogen and oxygen atoms in total. The molecule has 12 heteroatoms. The van der Waals surface area contributed by atoms with Gasteiger partial charge in [0.05, 0.1) is 22.5 Å². The van der Waals surface area contributed by atoms with Crippen molar-refractivity contribution in [1.82, 2.24) is 10.2 Å². The van der Waals surface area contributed by atoms with Crippen molar-refractivity contribution in [2.45, 2.75) is 32.1 Å². The molecule has 0 heterocycles. The Bertz CT molecular complexity index is 1450. The van der Waals surface area contributed by atoms with Gasteiger partial charge in [0.1, 0.15) is 12.6 Å². The van der Waals surface area contributed by atoms with E-state index in [-0.39, 0.29) is 18.7 Å². The van der Waals surface area contributed by atoms with Crippen LogP contribution in [0.1, 0.15) is 22.3 Å². The van der Waals surface area contributed by atoms with Crippen LogP contribution in [0.5, 0.6) is 0 Å². The fourth-order valence-corrected chi connectivity index (χ4v) is 5.18. The average Bonchev–Trinajstić information content (AvgIpc) is 2.89. The van der Waals surface area contributed by atoms with E-state index < -0.39 is 51.2 Å². The van der Waals surface area contributed by atoms with Gasteiger partial charge in [0, 0.05) is 20.0 Å². The summed E-state index contributed by atoms with van der Waals surface area (Å²) in [6.45, 7) is 1.00. The van der Waals surface area contributed by atoms with Crippen molar-refractivity contribution >= 4 is 39.1 Å². The van der Waals surface area contributed by atoms with Gasteiger partial charge in [-0.15, -0.1) is 0 Å². The van der Waals surface area contributed by atoms with Crippen molar-refractivity contribution in [3.8, 4) is 0 Å². The zero-order chi connectivity index (χ0) is 29.7. The largest absolute Gasteiger partial charge is 0.417 e. The van der Waals surface area contributed by atoms with Crippen molar-refractivity contribution in [1.29, 1.82) is 0 Å². The summed E-state index contributed by atoms with van der Waals surface area (Å²) in [5, 5.41) is 1.95. The van der Waals surface area contributed by atoms with Crippen molar-refractivity contribution in [2.24, 2.45) is 0 Å². The van der Waals surface area contributed by atoms with Crippen molar-refractivity contribution in [2.75, 3.05) is 24.2 Å². The summed E-state index contributed by atoms with van der Waals surface area (Å²) in [7, 11) is -2.81. The smallest absolute Gasteiger partial charge is 0.357 e. The first-order chi connectivity index (χ1) is 18.7. The van der Waals surface area contributed by atoms with Crippen molar-refractivity contribution in [3.05, 3.63) is 100 Å². The highest BCUT2D eigenvalue weighted by Crippen LogP contribution is 2.37. The normalized spacial score (nSPS) is 12.5. The number of aryl methyl sites for hydroxylation is 1.